The van der Waals surface area contributed by atoms with Crippen LogP contribution in [0.2, 0.25) is 0 Å². The second-order valence-corrected chi connectivity index (χ2v) is 4.64. The smallest absolute Gasteiger partial charge is 0.230 e. The summed E-state index contributed by atoms with van der Waals surface area (Å²) in [5, 5.41) is 0. The number of amides is 1. The number of carbonyl (C=O) groups excluding carboxylic acids is 1. The van der Waals surface area contributed by atoms with E-state index < -0.39 is 22.2 Å². The zero-order valence-corrected chi connectivity index (χ0v) is 7.61. The standard InChI is InChI=1S/C6H14N2O2S/c1-6(2,8)4-11(10)3-5(7)9/h3-4,8H2,1-2H3,(H2,7,9). The molecule has 0 aliphatic heterocycles. The monoisotopic (exact) mass is 178 g/mol. The van der Waals surface area contributed by atoms with Gasteiger partial charge in [-0.05, 0) is 13.8 Å². The molecule has 0 radical (unpaired) electrons. The molecule has 0 saturated heterocycles. The maximum atomic E-state index is 11.0. The Hall–Kier alpha value is -0.420. The minimum absolute atomic E-state index is 0.0966. The third kappa shape index (κ3) is 7.48. The van der Waals surface area contributed by atoms with Crippen LogP contribution in [-0.2, 0) is 15.6 Å². The van der Waals surface area contributed by atoms with Crippen molar-refractivity contribution in [1.82, 2.24) is 0 Å². The van der Waals surface area contributed by atoms with E-state index in [0.717, 1.165) is 0 Å². The maximum Gasteiger partial charge on any atom is 0.230 e. The third-order valence-corrected chi connectivity index (χ3v) is 2.51. The summed E-state index contributed by atoms with van der Waals surface area (Å²) in [6, 6.07) is 0. The molecule has 66 valence electrons. The van der Waals surface area contributed by atoms with Crippen molar-refractivity contribution in [3.63, 3.8) is 0 Å². The molecule has 5 heteroatoms. The van der Waals surface area contributed by atoms with Gasteiger partial charge in [-0.15, -0.1) is 0 Å². The highest BCUT2D eigenvalue weighted by atomic mass is 32.2. The molecule has 0 aliphatic carbocycles. The van der Waals surface area contributed by atoms with Crippen molar-refractivity contribution in [3.8, 4) is 0 Å². The summed E-state index contributed by atoms with van der Waals surface area (Å²) < 4.78 is 11.0. The SMILES string of the molecule is CC(C)(N)CS(=O)CC(N)=O. The molecule has 0 fully saturated rings. The first-order valence-corrected chi connectivity index (χ1v) is 4.72. The fourth-order valence-corrected chi connectivity index (χ4v) is 1.87. The minimum atomic E-state index is -1.22. The Morgan fingerprint density at radius 2 is 2.00 bits per heavy atom. The number of hydrogen-bond acceptors (Lipinski definition) is 3. The molecule has 4 N–H and O–H groups in total. The van der Waals surface area contributed by atoms with Gasteiger partial charge < -0.3 is 11.5 Å². The van der Waals surface area contributed by atoms with Crippen molar-refractivity contribution in [2.24, 2.45) is 11.5 Å². The zero-order valence-electron chi connectivity index (χ0n) is 6.79. The average Bonchev–Trinajstić information content (AvgIpc) is 1.53. The third-order valence-electron chi connectivity index (χ3n) is 0.836. The van der Waals surface area contributed by atoms with E-state index in [0.29, 0.717) is 5.75 Å². The Morgan fingerprint density at radius 3 is 2.27 bits per heavy atom. The van der Waals surface area contributed by atoms with Crippen molar-refractivity contribution >= 4 is 16.7 Å². The van der Waals surface area contributed by atoms with Crippen LogP contribution in [0.5, 0.6) is 0 Å². The van der Waals surface area contributed by atoms with Crippen LogP contribution >= 0.6 is 0 Å². The molecule has 0 aromatic heterocycles. The van der Waals surface area contributed by atoms with Gasteiger partial charge in [-0.25, -0.2) is 0 Å². The molecule has 1 amide bonds. The van der Waals surface area contributed by atoms with E-state index in [1.807, 2.05) is 0 Å². The Morgan fingerprint density at radius 1 is 1.55 bits per heavy atom. The van der Waals surface area contributed by atoms with Gasteiger partial charge in [-0.2, -0.15) is 0 Å². The van der Waals surface area contributed by atoms with E-state index in [-0.39, 0.29) is 5.75 Å². The molecule has 4 nitrogen and oxygen atoms in total. The van der Waals surface area contributed by atoms with E-state index in [1.165, 1.54) is 0 Å². The number of hydrogen-bond donors (Lipinski definition) is 2. The van der Waals surface area contributed by atoms with Gasteiger partial charge in [0.2, 0.25) is 5.91 Å². The van der Waals surface area contributed by atoms with Gasteiger partial charge in [-0.1, -0.05) is 0 Å². The molecule has 0 heterocycles. The summed E-state index contributed by atoms with van der Waals surface area (Å²) in [6.07, 6.45) is 0. The number of rotatable bonds is 4. The molecule has 0 saturated carbocycles. The van der Waals surface area contributed by atoms with Gasteiger partial charge in [0.1, 0.15) is 5.75 Å². The van der Waals surface area contributed by atoms with Crippen molar-refractivity contribution < 1.29 is 9.00 Å². The molecular weight excluding hydrogens is 164 g/mol. The number of carbonyl (C=O) groups is 1. The van der Waals surface area contributed by atoms with Crippen LogP contribution in [0.4, 0.5) is 0 Å². The second kappa shape index (κ2) is 3.82. The minimum Gasteiger partial charge on any atom is -0.369 e. The Kier molecular flexibility index (Phi) is 3.68. The largest absolute Gasteiger partial charge is 0.369 e. The molecular formula is C6H14N2O2S. The fraction of sp³-hybridized carbons (Fsp3) is 0.833. The normalized spacial score (nSPS) is 14.5. The van der Waals surface area contributed by atoms with Crippen molar-refractivity contribution in [1.29, 1.82) is 0 Å². The van der Waals surface area contributed by atoms with Gasteiger partial charge in [-0.3, -0.25) is 9.00 Å². The highest BCUT2D eigenvalue weighted by Gasteiger charge is 2.16. The van der Waals surface area contributed by atoms with Gasteiger partial charge in [0.15, 0.2) is 0 Å². The molecule has 0 aromatic rings. The molecule has 0 aromatic carbocycles. The lowest BCUT2D eigenvalue weighted by Gasteiger charge is -2.16. The second-order valence-electron chi connectivity index (χ2n) is 3.18. The highest BCUT2D eigenvalue weighted by Crippen LogP contribution is 1.99. The highest BCUT2D eigenvalue weighted by molar-refractivity contribution is 7.85. The van der Waals surface area contributed by atoms with E-state index in [9.17, 15) is 9.00 Å². The van der Waals surface area contributed by atoms with Crippen LogP contribution in [0, 0.1) is 0 Å². The molecule has 11 heavy (non-hydrogen) atoms. The van der Waals surface area contributed by atoms with Crippen LogP contribution in [0.15, 0.2) is 0 Å². The first-order chi connectivity index (χ1) is 4.81. The molecule has 0 aliphatic rings. The lowest BCUT2D eigenvalue weighted by atomic mass is 10.1. The molecule has 1 unspecified atom stereocenters. The first-order valence-electron chi connectivity index (χ1n) is 3.23. The van der Waals surface area contributed by atoms with E-state index in [4.69, 9.17) is 11.5 Å². The summed E-state index contributed by atoms with van der Waals surface area (Å²) in [4.78, 5) is 10.3. The summed E-state index contributed by atoms with van der Waals surface area (Å²) >= 11 is 0. The molecule has 1 atom stereocenters. The van der Waals surface area contributed by atoms with Crippen LogP contribution in [0.1, 0.15) is 13.8 Å². The molecule has 0 bridgehead atoms. The predicted octanol–water partition coefficient (Wildman–Crippen LogP) is -1.04. The van der Waals surface area contributed by atoms with E-state index in [1.54, 1.807) is 13.8 Å². The Labute approximate surface area is 68.8 Å². The van der Waals surface area contributed by atoms with Crippen LogP contribution in [-0.4, -0.2) is 27.2 Å². The quantitative estimate of drug-likeness (QED) is 0.576. The topological polar surface area (TPSA) is 86.2 Å². The summed E-state index contributed by atoms with van der Waals surface area (Å²) in [5.74, 6) is -0.344. The van der Waals surface area contributed by atoms with Gasteiger partial charge in [0.25, 0.3) is 0 Å². The predicted molar refractivity (Wildman–Crippen MR) is 45.3 cm³/mol. The van der Waals surface area contributed by atoms with Crippen molar-refractivity contribution in [2.45, 2.75) is 19.4 Å². The van der Waals surface area contributed by atoms with Crippen molar-refractivity contribution in [3.05, 3.63) is 0 Å². The van der Waals surface area contributed by atoms with Gasteiger partial charge in [0.05, 0.1) is 0 Å². The van der Waals surface area contributed by atoms with E-state index >= 15 is 0 Å². The average molecular weight is 178 g/mol. The summed E-state index contributed by atoms with van der Waals surface area (Å²) in [5.41, 5.74) is 9.91. The summed E-state index contributed by atoms with van der Waals surface area (Å²) in [7, 11) is -1.22. The summed E-state index contributed by atoms with van der Waals surface area (Å²) in [6.45, 7) is 3.51. The fourth-order valence-electron chi connectivity index (χ4n) is 0.625. The van der Waals surface area contributed by atoms with Crippen LogP contribution in [0.3, 0.4) is 0 Å². The zero-order chi connectivity index (χ0) is 9.07. The molecule has 0 rings (SSSR count). The molecule has 0 spiro atoms. The maximum absolute atomic E-state index is 11.0. The first kappa shape index (κ1) is 10.6. The van der Waals surface area contributed by atoms with Crippen LogP contribution in [0.25, 0.3) is 0 Å². The number of nitrogens with two attached hydrogens (primary N) is 2. The Bertz CT molecular complexity index is 174. The Balaban J connectivity index is 3.80. The van der Waals surface area contributed by atoms with Crippen molar-refractivity contribution in [2.75, 3.05) is 11.5 Å². The van der Waals surface area contributed by atoms with Gasteiger partial charge in [0, 0.05) is 22.1 Å². The lowest BCUT2D eigenvalue weighted by molar-refractivity contribution is -0.115. The number of primary amides is 1. The van der Waals surface area contributed by atoms with Crippen LogP contribution < -0.4 is 11.5 Å². The van der Waals surface area contributed by atoms with Gasteiger partial charge >= 0.3 is 0 Å². The van der Waals surface area contributed by atoms with E-state index in [2.05, 4.69) is 0 Å². The lowest BCUT2D eigenvalue weighted by Crippen LogP contribution is -2.39.